The van der Waals surface area contributed by atoms with Crippen LogP contribution in [0.5, 0.6) is 23.0 Å². The van der Waals surface area contributed by atoms with Crippen molar-refractivity contribution in [1.82, 2.24) is 10.2 Å². The van der Waals surface area contributed by atoms with Crippen molar-refractivity contribution in [3.63, 3.8) is 0 Å². The maximum Gasteiger partial charge on any atom is 0.254 e. The maximum atomic E-state index is 13.9. The number of nitrogens with zero attached hydrogens (tertiary/aromatic N) is 1. The van der Waals surface area contributed by atoms with Crippen molar-refractivity contribution in [3.8, 4) is 23.0 Å². The molecular formula is C29H30N2O6. The first-order valence-electron chi connectivity index (χ1n) is 12.1. The molecule has 2 atom stereocenters. The largest absolute Gasteiger partial charge is 0.497 e. The lowest BCUT2D eigenvalue weighted by atomic mass is 9.75. The van der Waals surface area contributed by atoms with Gasteiger partial charge < -0.3 is 29.2 Å². The zero-order valence-corrected chi connectivity index (χ0v) is 21.4. The highest BCUT2D eigenvalue weighted by Crippen LogP contribution is 2.48. The Kier molecular flexibility index (Phi) is 6.65. The number of ether oxygens (including phenoxy) is 4. The van der Waals surface area contributed by atoms with E-state index in [1.807, 2.05) is 47.4 Å². The molecule has 0 fully saturated rings. The van der Waals surface area contributed by atoms with E-state index in [-0.39, 0.29) is 18.4 Å². The lowest BCUT2D eigenvalue weighted by Crippen LogP contribution is -2.50. The van der Waals surface area contributed by atoms with Crippen LogP contribution < -0.4 is 24.3 Å². The first-order chi connectivity index (χ1) is 18.0. The lowest BCUT2D eigenvalue weighted by molar-refractivity contribution is -0.124. The van der Waals surface area contributed by atoms with Crippen molar-refractivity contribution in [3.05, 3.63) is 82.4 Å². The number of methoxy groups -OCH3 is 4. The Hall–Kier alpha value is -4.20. The highest BCUT2D eigenvalue weighted by Gasteiger charge is 2.46. The summed E-state index contributed by atoms with van der Waals surface area (Å²) in [4.78, 5) is 29.3. The molecule has 3 aromatic rings. The molecule has 2 amide bonds. The molecule has 2 heterocycles. The minimum Gasteiger partial charge on any atom is -0.497 e. The normalized spacial score (nSPS) is 17.7. The Morgan fingerprint density at radius 1 is 0.892 bits per heavy atom. The highest BCUT2D eigenvalue weighted by atomic mass is 16.5. The molecule has 0 spiro atoms. The van der Waals surface area contributed by atoms with Crippen molar-refractivity contribution < 1.29 is 28.5 Å². The predicted octanol–water partition coefficient (Wildman–Crippen LogP) is 3.87. The van der Waals surface area contributed by atoms with Gasteiger partial charge in [-0.25, -0.2) is 0 Å². The first-order valence-corrected chi connectivity index (χ1v) is 12.1. The molecule has 0 unspecified atom stereocenters. The SMILES string of the molecule is COc1ccc(CNC(=O)[C@@H]2c3ccccc3C(=O)N3CCc4cc(OC)c(OC)cc4[C@H]23)c(OC)c1. The Morgan fingerprint density at radius 2 is 1.62 bits per heavy atom. The van der Waals surface area contributed by atoms with Crippen LogP contribution in [-0.2, 0) is 17.8 Å². The molecule has 8 heteroatoms. The fraction of sp³-hybridized carbons (Fsp3) is 0.310. The molecule has 0 saturated carbocycles. The zero-order chi connectivity index (χ0) is 26.1. The second-order valence-electron chi connectivity index (χ2n) is 9.06. The summed E-state index contributed by atoms with van der Waals surface area (Å²) >= 11 is 0. The van der Waals surface area contributed by atoms with Gasteiger partial charge in [0.05, 0.1) is 40.4 Å². The third-order valence-electron chi connectivity index (χ3n) is 7.25. The summed E-state index contributed by atoms with van der Waals surface area (Å²) in [5, 5.41) is 3.10. The Morgan fingerprint density at radius 3 is 2.35 bits per heavy atom. The van der Waals surface area contributed by atoms with Crippen molar-refractivity contribution in [2.75, 3.05) is 35.0 Å². The van der Waals surface area contributed by atoms with Crippen LogP contribution >= 0.6 is 0 Å². The van der Waals surface area contributed by atoms with E-state index >= 15 is 0 Å². The van der Waals surface area contributed by atoms with E-state index in [0.29, 0.717) is 41.5 Å². The summed E-state index contributed by atoms with van der Waals surface area (Å²) in [6.45, 7) is 0.778. The topological polar surface area (TPSA) is 86.3 Å². The number of nitrogens with one attached hydrogen (secondary N) is 1. The Labute approximate surface area is 216 Å². The molecule has 1 N–H and O–H groups in total. The fourth-order valence-corrected chi connectivity index (χ4v) is 5.43. The summed E-state index contributed by atoms with van der Waals surface area (Å²) in [7, 11) is 6.36. The third kappa shape index (κ3) is 4.22. The van der Waals surface area contributed by atoms with E-state index in [9.17, 15) is 9.59 Å². The van der Waals surface area contributed by atoms with Crippen LogP contribution in [0.1, 0.15) is 44.6 Å². The van der Waals surface area contributed by atoms with Crippen LogP contribution in [0.15, 0.2) is 54.6 Å². The third-order valence-corrected chi connectivity index (χ3v) is 7.25. The van der Waals surface area contributed by atoms with Gasteiger partial charge in [-0.2, -0.15) is 0 Å². The number of hydrogen-bond donors (Lipinski definition) is 1. The van der Waals surface area contributed by atoms with Crippen LogP contribution in [0.4, 0.5) is 0 Å². The quantitative estimate of drug-likeness (QED) is 0.528. The van der Waals surface area contributed by atoms with Gasteiger partial charge in [0.1, 0.15) is 11.5 Å². The minimum absolute atomic E-state index is 0.0677. The molecule has 37 heavy (non-hydrogen) atoms. The van der Waals surface area contributed by atoms with E-state index in [4.69, 9.17) is 18.9 Å². The predicted molar refractivity (Wildman–Crippen MR) is 138 cm³/mol. The molecule has 0 radical (unpaired) electrons. The molecular weight excluding hydrogens is 472 g/mol. The molecule has 0 bridgehead atoms. The number of carbonyl (C=O) groups excluding carboxylic acids is 2. The van der Waals surface area contributed by atoms with Gasteiger partial charge in [-0.1, -0.05) is 18.2 Å². The number of carbonyl (C=O) groups is 2. The molecule has 0 saturated heterocycles. The first kappa shape index (κ1) is 24.5. The monoisotopic (exact) mass is 502 g/mol. The Balaban J connectivity index is 1.55. The van der Waals surface area contributed by atoms with Gasteiger partial charge in [-0.15, -0.1) is 0 Å². The van der Waals surface area contributed by atoms with Gasteiger partial charge in [-0.3, -0.25) is 9.59 Å². The Bertz CT molecular complexity index is 1350. The van der Waals surface area contributed by atoms with E-state index < -0.39 is 12.0 Å². The van der Waals surface area contributed by atoms with Gasteiger partial charge in [0.25, 0.3) is 5.91 Å². The van der Waals surface area contributed by atoms with Crippen LogP contribution in [0.2, 0.25) is 0 Å². The van der Waals surface area contributed by atoms with Crippen molar-refractivity contribution in [1.29, 1.82) is 0 Å². The smallest absolute Gasteiger partial charge is 0.254 e. The van der Waals surface area contributed by atoms with E-state index in [0.717, 1.165) is 22.3 Å². The average Bonchev–Trinajstić information content (AvgIpc) is 2.95. The molecule has 3 aromatic carbocycles. The molecule has 192 valence electrons. The second kappa shape index (κ2) is 10.0. The van der Waals surface area contributed by atoms with Crippen LogP contribution in [0.3, 0.4) is 0 Å². The molecule has 5 rings (SSSR count). The summed E-state index contributed by atoms with van der Waals surface area (Å²) in [6.07, 6.45) is 0.664. The number of rotatable bonds is 7. The number of hydrogen-bond acceptors (Lipinski definition) is 6. The summed E-state index contributed by atoms with van der Waals surface area (Å²) in [5.41, 5.74) is 4.04. The summed E-state index contributed by atoms with van der Waals surface area (Å²) in [6, 6.07) is 16.2. The molecule has 0 aliphatic carbocycles. The van der Waals surface area contributed by atoms with E-state index in [1.54, 1.807) is 40.6 Å². The summed E-state index contributed by atoms with van der Waals surface area (Å²) in [5.74, 6) is 1.65. The van der Waals surface area contributed by atoms with Crippen molar-refractivity contribution >= 4 is 11.8 Å². The second-order valence-corrected chi connectivity index (χ2v) is 9.06. The van der Waals surface area contributed by atoms with Gasteiger partial charge in [0, 0.05) is 30.3 Å². The molecule has 8 nitrogen and oxygen atoms in total. The highest BCUT2D eigenvalue weighted by molar-refractivity contribution is 6.01. The average molecular weight is 503 g/mol. The summed E-state index contributed by atoms with van der Waals surface area (Å²) < 4.78 is 21.9. The van der Waals surface area contributed by atoms with Crippen LogP contribution in [0, 0.1) is 0 Å². The van der Waals surface area contributed by atoms with E-state index in [2.05, 4.69) is 5.32 Å². The van der Waals surface area contributed by atoms with Crippen LogP contribution in [0.25, 0.3) is 0 Å². The molecule has 2 aliphatic rings. The lowest BCUT2D eigenvalue weighted by Gasteiger charge is -2.45. The van der Waals surface area contributed by atoms with Gasteiger partial charge in [-0.05, 0) is 53.4 Å². The zero-order valence-electron chi connectivity index (χ0n) is 21.4. The number of fused-ring (bicyclic) bond motifs is 4. The minimum atomic E-state index is -0.602. The maximum absolute atomic E-state index is 13.9. The fourth-order valence-electron chi connectivity index (χ4n) is 5.43. The van der Waals surface area contributed by atoms with Gasteiger partial charge >= 0.3 is 0 Å². The standard InChI is InChI=1S/C29H30N2O6/c1-34-19-10-9-18(23(14-19)35-2)16-30-28(32)26-20-7-5-6-8-21(20)29(33)31-12-11-17-13-24(36-3)25(37-4)15-22(17)27(26)31/h5-10,13-15,26-27H,11-12,16H2,1-4H3,(H,30,32)/t26-,27-/m1/s1. The molecule has 2 aliphatic heterocycles. The van der Waals surface area contributed by atoms with Gasteiger partial charge in [0.2, 0.25) is 5.91 Å². The number of amides is 2. The molecule has 0 aromatic heterocycles. The van der Waals surface area contributed by atoms with Crippen molar-refractivity contribution in [2.24, 2.45) is 0 Å². The van der Waals surface area contributed by atoms with Crippen LogP contribution in [-0.4, -0.2) is 51.7 Å². The van der Waals surface area contributed by atoms with Gasteiger partial charge in [0.15, 0.2) is 11.5 Å². The number of benzene rings is 3. The van der Waals surface area contributed by atoms with E-state index in [1.165, 1.54) is 0 Å². The van der Waals surface area contributed by atoms with Crippen molar-refractivity contribution in [2.45, 2.75) is 24.9 Å².